The van der Waals surface area contributed by atoms with Gasteiger partial charge in [0.2, 0.25) is 5.76 Å². The zero-order valence-corrected chi connectivity index (χ0v) is 11.8. The second-order valence-electron chi connectivity index (χ2n) is 5.89. The molecule has 0 radical (unpaired) electrons. The first-order valence-electron chi connectivity index (χ1n) is 7.48. The largest absolute Gasteiger partial charge is 0.475 e. The molecule has 0 bridgehead atoms. The van der Waals surface area contributed by atoms with E-state index in [1.165, 1.54) is 44.8 Å². The van der Waals surface area contributed by atoms with E-state index in [2.05, 4.69) is 10.2 Å². The van der Waals surface area contributed by atoms with Gasteiger partial charge in [-0.1, -0.05) is 6.42 Å². The summed E-state index contributed by atoms with van der Waals surface area (Å²) in [5, 5.41) is 12.5. The minimum atomic E-state index is -1.01. The smallest absolute Gasteiger partial charge is 0.371 e. The number of furan rings is 1. The average molecular weight is 278 g/mol. The second-order valence-corrected chi connectivity index (χ2v) is 5.89. The van der Waals surface area contributed by atoms with Gasteiger partial charge in [0.1, 0.15) is 5.76 Å². The summed E-state index contributed by atoms with van der Waals surface area (Å²) in [6.07, 6.45) is 5.07. The molecule has 5 heteroatoms. The molecule has 3 unspecified atom stereocenters. The highest BCUT2D eigenvalue weighted by molar-refractivity contribution is 5.84. The van der Waals surface area contributed by atoms with Crippen molar-refractivity contribution in [2.75, 3.05) is 13.1 Å². The maximum Gasteiger partial charge on any atom is 0.371 e. The monoisotopic (exact) mass is 278 g/mol. The lowest BCUT2D eigenvalue weighted by Crippen LogP contribution is -2.45. The first kappa shape index (κ1) is 13.6. The molecule has 2 saturated heterocycles. The van der Waals surface area contributed by atoms with Crippen LogP contribution < -0.4 is 5.32 Å². The Bertz CT molecular complexity index is 485. The van der Waals surface area contributed by atoms with E-state index in [9.17, 15) is 4.79 Å². The Labute approximate surface area is 118 Å². The van der Waals surface area contributed by atoms with Crippen LogP contribution in [0.2, 0.25) is 0 Å². The lowest BCUT2D eigenvalue weighted by atomic mass is 9.98. The number of nitrogens with zero attached hydrogens (tertiary/aromatic N) is 1. The summed E-state index contributed by atoms with van der Waals surface area (Å²) in [4.78, 5) is 13.4. The summed E-state index contributed by atoms with van der Waals surface area (Å²) in [7, 11) is 0. The third-order valence-electron chi connectivity index (χ3n) is 4.58. The van der Waals surface area contributed by atoms with Crippen LogP contribution >= 0.6 is 0 Å². The van der Waals surface area contributed by atoms with Crippen molar-refractivity contribution in [3.8, 4) is 0 Å². The molecule has 0 aliphatic carbocycles. The maximum atomic E-state index is 10.8. The molecular formula is C15H22N2O3. The number of fused-ring (bicyclic) bond motifs is 1. The van der Waals surface area contributed by atoms with Gasteiger partial charge in [-0.25, -0.2) is 4.79 Å². The fourth-order valence-corrected chi connectivity index (χ4v) is 3.55. The number of carboxylic acid groups (broad SMARTS) is 1. The minimum Gasteiger partial charge on any atom is -0.475 e. The van der Waals surface area contributed by atoms with Gasteiger partial charge in [0.05, 0.1) is 6.04 Å². The van der Waals surface area contributed by atoms with Crippen LogP contribution in [0.5, 0.6) is 0 Å². The van der Waals surface area contributed by atoms with Crippen molar-refractivity contribution < 1.29 is 14.3 Å². The number of carboxylic acids is 1. The number of hydrogen-bond donors (Lipinski definition) is 2. The van der Waals surface area contributed by atoms with Crippen molar-refractivity contribution in [2.24, 2.45) is 0 Å². The van der Waals surface area contributed by atoms with E-state index in [0.29, 0.717) is 17.8 Å². The fourth-order valence-electron chi connectivity index (χ4n) is 3.55. The second kappa shape index (κ2) is 5.58. The van der Waals surface area contributed by atoms with Crippen LogP contribution in [0.4, 0.5) is 0 Å². The zero-order valence-electron chi connectivity index (χ0n) is 11.8. The molecule has 3 atom stereocenters. The van der Waals surface area contributed by atoms with E-state index >= 15 is 0 Å². The Morgan fingerprint density at radius 1 is 1.40 bits per heavy atom. The van der Waals surface area contributed by atoms with Crippen LogP contribution in [0.1, 0.15) is 55.0 Å². The van der Waals surface area contributed by atoms with Crippen molar-refractivity contribution in [1.82, 2.24) is 10.2 Å². The molecule has 1 aromatic heterocycles. The standard InChI is InChI=1S/C15H22N2O3/c1-10(13-5-6-14(20-13)15(18)19)16-11-7-9-17-8-3-2-4-12(11)17/h5-6,10-12,16H,2-4,7-9H2,1H3,(H,18,19). The Kier molecular flexibility index (Phi) is 3.81. The number of hydrogen-bond acceptors (Lipinski definition) is 4. The number of rotatable bonds is 4. The van der Waals surface area contributed by atoms with Crippen molar-refractivity contribution in [1.29, 1.82) is 0 Å². The first-order chi connectivity index (χ1) is 9.65. The van der Waals surface area contributed by atoms with Gasteiger partial charge in [-0.15, -0.1) is 0 Å². The molecule has 3 rings (SSSR count). The summed E-state index contributed by atoms with van der Waals surface area (Å²) in [5.74, 6) is -0.293. The van der Waals surface area contributed by atoms with E-state index in [1.807, 2.05) is 6.92 Å². The summed E-state index contributed by atoms with van der Waals surface area (Å²) in [6.45, 7) is 4.44. The van der Waals surface area contributed by atoms with Crippen LogP contribution in [0.15, 0.2) is 16.5 Å². The molecule has 3 heterocycles. The average Bonchev–Trinajstić information content (AvgIpc) is 3.06. The Balaban J connectivity index is 1.63. The Morgan fingerprint density at radius 3 is 3.00 bits per heavy atom. The van der Waals surface area contributed by atoms with Gasteiger partial charge >= 0.3 is 5.97 Å². The predicted octanol–water partition coefficient (Wildman–Crippen LogP) is 2.26. The molecule has 2 aliphatic rings. The number of nitrogens with one attached hydrogen (secondary N) is 1. The fraction of sp³-hybridized carbons (Fsp3) is 0.667. The van der Waals surface area contributed by atoms with Crippen molar-refractivity contribution in [3.63, 3.8) is 0 Å². The van der Waals surface area contributed by atoms with Crippen LogP contribution in [-0.2, 0) is 0 Å². The van der Waals surface area contributed by atoms with Gasteiger partial charge in [-0.3, -0.25) is 4.90 Å². The molecule has 2 fully saturated rings. The third-order valence-corrected chi connectivity index (χ3v) is 4.58. The molecule has 0 amide bonds. The summed E-state index contributed by atoms with van der Waals surface area (Å²) >= 11 is 0. The summed E-state index contributed by atoms with van der Waals surface area (Å²) in [5.41, 5.74) is 0. The number of aromatic carboxylic acids is 1. The van der Waals surface area contributed by atoms with Gasteiger partial charge in [0, 0.05) is 18.6 Å². The van der Waals surface area contributed by atoms with Gasteiger partial charge in [-0.2, -0.15) is 0 Å². The van der Waals surface area contributed by atoms with E-state index in [-0.39, 0.29) is 11.8 Å². The van der Waals surface area contributed by atoms with Crippen LogP contribution in [0.25, 0.3) is 0 Å². The summed E-state index contributed by atoms with van der Waals surface area (Å²) in [6, 6.07) is 4.46. The lowest BCUT2D eigenvalue weighted by molar-refractivity contribution is 0.0659. The predicted molar refractivity (Wildman–Crippen MR) is 74.8 cm³/mol. The first-order valence-corrected chi connectivity index (χ1v) is 7.48. The summed E-state index contributed by atoms with van der Waals surface area (Å²) < 4.78 is 5.38. The van der Waals surface area contributed by atoms with E-state index in [4.69, 9.17) is 9.52 Å². The van der Waals surface area contributed by atoms with Gasteiger partial charge in [-0.05, 0) is 44.9 Å². The molecule has 20 heavy (non-hydrogen) atoms. The normalized spacial score (nSPS) is 28.2. The highest BCUT2D eigenvalue weighted by atomic mass is 16.4. The topological polar surface area (TPSA) is 65.7 Å². The minimum absolute atomic E-state index is 0.0133. The lowest BCUT2D eigenvalue weighted by Gasteiger charge is -2.33. The van der Waals surface area contributed by atoms with Crippen molar-refractivity contribution >= 4 is 5.97 Å². The molecule has 2 N–H and O–H groups in total. The molecule has 110 valence electrons. The highest BCUT2D eigenvalue weighted by Crippen LogP contribution is 2.29. The van der Waals surface area contributed by atoms with Crippen LogP contribution in [-0.4, -0.2) is 41.1 Å². The van der Waals surface area contributed by atoms with Crippen molar-refractivity contribution in [3.05, 3.63) is 23.7 Å². The van der Waals surface area contributed by atoms with E-state index in [0.717, 1.165) is 0 Å². The van der Waals surface area contributed by atoms with Crippen molar-refractivity contribution in [2.45, 2.75) is 50.7 Å². The maximum absolute atomic E-state index is 10.8. The molecule has 0 saturated carbocycles. The SMILES string of the molecule is CC(NC1CCN2CCCCC12)c1ccc(C(=O)O)o1. The van der Waals surface area contributed by atoms with Crippen LogP contribution in [0, 0.1) is 0 Å². The highest BCUT2D eigenvalue weighted by Gasteiger charge is 2.36. The number of piperidine rings is 1. The molecule has 1 aromatic rings. The van der Waals surface area contributed by atoms with E-state index in [1.54, 1.807) is 6.07 Å². The quantitative estimate of drug-likeness (QED) is 0.884. The Hall–Kier alpha value is -1.33. The third kappa shape index (κ3) is 2.60. The molecule has 0 aromatic carbocycles. The number of carbonyl (C=O) groups is 1. The van der Waals surface area contributed by atoms with E-state index < -0.39 is 5.97 Å². The van der Waals surface area contributed by atoms with Gasteiger partial charge < -0.3 is 14.8 Å². The Morgan fingerprint density at radius 2 is 2.25 bits per heavy atom. The van der Waals surface area contributed by atoms with Gasteiger partial charge in [0.25, 0.3) is 0 Å². The molecule has 0 spiro atoms. The van der Waals surface area contributed by atoms with Gasteiger partial charge in [0.15, 0.2) is 0 Å². The molecule has 2 aliphatic heterocycles. The zero-order chi connectivity index (χ0) is 14.1. The van der Waals surface area contributed by atoms with Crippen LogP contribution in [0.3, 0.4) is 0 Å². The molecule has 5 nitrogen and oxygen atoms in total. The molecular weight excluding hydrogens is 256 g/mol.